The van der Waals surface area contributed by atoms with Crippen LogP contribution in [0.25, 0.3) is 6.08 Å². The minimum Gasteiger partial charge on any atom is -0.488 e. The van der Waals surface area contributed by atoms with E-state index in [1.54, 1.807) is 30.3 Å². The molecule has 10 nitrogen and oxygen atoms in total. The van der Waals surface area contributed by atoms with Crippen LogP contribution >= 0.6 is 15.9 Å². The number of nitro groups is 1. The van der Waals surface area contributed by atoms with Gasteiger partial charge in [-0.1, -0.05) is 40.2 Å². The minimum atomic E-state index is -0.811. The second-order valence-electron chi connectivity index (χ2n) is 7.81. The van der Waals surface area contributed by atoms with Crippen LogP contribution in [-0.2, 0) is 16.2 Å². The number of urea groups is 1. The van der Waals surface area contributed by atoms with Crippen molar-refractivity contribution in [3.05, 3.63) is 104 Å². The Morgan fingerprint density at radius 1 is 1.14 bits per heavy atom. The third-order valence-corrected chi connectivity index (χ3v) is 5.69. The highest BCUT2D eigenvalue weighted by Gasteiger charge is 2.35. The van der Waals surface area contributed by atoms with Gasteiger partial charge in [-0.15, -0.1) is 0 Å². The molecule has 0 saturated carbocycles. The molecule has 1 fully saturated rings. The quantitative estimate of drug-likeness (QED) is 0.176. The minimum absolute atomic E-state index is 0.0160. The lowest BCUT2D eigenvalue weighted by atomic mass is 10.1. The molecule has 12 heteroatoms. The number of imide groups is 1. The Morgan fingerprint density at radius 2 is 1.92 bits per heavy atom. The number of carbonyl (C=O) groups excluding carboxylic acids is 3. The Labute approximate surface area is 218 Å². The lowest BCUT2D eigenvalue weighted by Gasteiger charge is -2.12. The summed E-state index contributed by atoms with van der Waals surface area (Å²) in [6.07, 6.45) is 1.39. The predicted octanol–water partition coefficient (Wildman–Crippen LogP) is 4.61. The van der Waals surface area contributed by atoms with Gasteiger partial charge in [0.25, 0.3) is 11.6 Å². The van der Waals surface area contributed by atoms with E-state index in [4.69, 9.17) is 4.74 Å². The molecule has 0 bridgehead atoms. The van der Waals surface area contributed by atoms with Crippen molar-refractivity contribution in [2.75, 3.05) is 11.9 Å². The maximum atomic E-state index is 13.8. The highest BCUT2D eigenvalue weighted by atomic mass is 79.9. The summed E-state index contributed by atoms with van der Waals surface area (Å²) >= 11 is 3.35. The number of amides is 4. The third kappa shape index (κ3) is 6.16. The maximum Gasteiger partial charge on any atom is 0.329 e. The number of anilines is 1. The Kier molecular flexibility index (Phi) is 7.58. The zero-order chi connectivity index (χ0) is 26.5. The number of hydrogen-bond donors (Lipinski definition) is 2. The Morgan fingerprint density at radius 3 is 2.68 bits per heavy atom. The summed E-state index contributed by atoms with van der Waals surface area (Å²) in [6.45, 7) is -0.604. The van der Waals surface area contributed by atoms with Gasteiger partial charge in [0.15, 0.2) is 0 Å². The molecule has 1 saturated heterocycles. The van der Waals surface area contributed by atoms with Crippen LogP contribution in [0.5, 0.6) is 5.75 Å². The molecular weight excluding hydrogens is 551 g/mol. The molecule has 1 aliphatic rings. The fourth-order valence-electron chi connectivity index (χ4n) is 3.45. The van der Waals surface area contributed by atoms with Crippen molar-refractivity contribution in [2.45, 2.75) is 6.61 Å². The number of nitrogens with one attached hydrogen (secondary N) is 2. The Bertz CT molecular complexity index is 1440. The Hall–Kier alpha value is -4.58. The van der Waals surface area contributed by atoms with Crippen LogP contribution in [0.2, 0.25) is 0 Å². The van der Waals surface area contributed by atoms with Crippen molar-refractivity contribution >= 4 is 51.2 Å². The second kappa shape index (κ2) is 11.0. The van der Waals surface area contributed by atoms with Crippen molar-refractivity contribution < 1.29 is 28.4 Å². The molecule has 1 aliphatic heterocycles. The molecule has 188 valence electrons. The lowest BCUT2D eigenvalue weighted by Crippen LogP contribution is -2.38. The summed E-state index contributed by atoms with van der Waals surface area (Å²) in [7, 11) is 0. The van der Waals surface area contributed by atoms with Gasteiger partial charge in [-0.05, 0) is 42.0 Å². The summed E-state index contributed by atoms with van der Waals surface area (Å²) in [5, 5.41) is 15.8. The second-order valence-corrected chi connectivity index (χ2v) is 8.72. The van der Waals surface area contributed by atoms with Crippen LogP contribution in [0.4, 0.5) is 20.6 Å². The fraction of sp³-hybridized carbons (Fsp3) is 0.0800. The monoisotopic (exact) mass is 568 g/mol. The van der Waals surface area contributed by atoms with E-state index in [1.165, 1.54) is 42.5 Å². The first kappa shape index (κ1) is 25.5. The molecule has 37 heavy (non-hydrogen) atoms. The number of nitro benzene ring substituents is 1. The molecular formula is C25H18BrFN4O6. The van der Waals surface area contributed by atoms with E-state index in [0.29, 0.717) is 26.2 Å². The number of rotatable bonds is 8. The molecule has 1 heterocycles. The van der Waals surface area contributed by atoms with Crippen LogP contribution in [0.15, 0.2) is 76.9 Å². The average molecular weight is 569 g/mol. The van der Waals surface area contributed by atoms with Gasteiger partial charge in [0.1, 0.15) is 30.4 Å². The number of nitrogens with zero attached hydrogens (tertiary/aromatic N) is 2. The number of carbonyl (C=O) groups is 3. The number of benzene rings is 3. The van der Waals surface area contributed by atoms with Crippen LogP contribution < -0.4 is 15.4 Å². The first-order valence-electron chi connectivity index (χ1n) is 10.8. The summed E-state index contributed by atoms with van der Waals surface area (Å²) in [4.78, 5) is 48.8. The molecule has 3 aromatic carbocycles. The maximum absolute atomic E-state index is 13.8. The molecule has 0 radical (unpaired) electrons. The van der Waals surface area contributed by atoms with E-state index in [-0.39, 0.29) is 23.7 Å². The first-order valence-corrected chi connectivity index (χ1v) is 11.5. The molecule has 2 N–H and O–H groups in total. The van der Waals surface area contributed by atoms with Gasteiger partial charge in [-0.25, -0.2) is 14.1 Å². The predicted molar refractivity (Wildman–Crippen MR) is 135 cm³/mol. The van der Waals surface area contributed by atoms with Gasteiger partial charge in [-0.3, -0.25) is 19.7 Å². The van der Waals surface area contributed by atoms with Crippen LogP contribution in [-0.4, -0.2) is 34.2 Å². The van der Waals surface area contributed by atoms with Crippen LogP contribution in [0.1, 0.15) is 11.1 Å². The van der Waals surface area contributed by atoms with E-state index >= 15 is 0 Å². The normalized spacial score (nSPS) is 14.0. The van der Waals surface area contributed by atoms with Crippen molar-refractivity contribution in [1.82, 2.24) is 10.2 Å². The molecule has 0 spiro atoms. The van der Waals surface area contributed by atoms with E-state index in [9.17, 15) is 28.9 Å². The van der Waals surface area contributed by atoms with Gasteiger partial charge in [-0.2, -0.15) is 0 Å². The SMILES string of the molecule is O=C(CN1C(=O)N/C(=C/c2cc(Br)ccc2OCc2cccc([N+](=O)[O-])c2)C1=O)Nc1ccccc1F. The van der Waals surface area contributed by atoms with E-state index < -0.39 is 35.1 Å². The number of non-ortho nitro benzene ring substituents is 1. The van der Waals surface area contributed by atoms with Crippen molar-refractivity contribution in [1.29, 1.82) is 0 Å². The molecule has 0 atom stereocenters. The highest BCUT2D eigenvalue weighted by Crippen LogP contribution is 2.28. The standard InChI is InChI=1S/C25H18BrFN4O6/c26-17-8-9-22(37-14-15-4-3-5-18(10-15)31(35)36)16(11-17)12-21-24(33)30(25(34)29-21)13-23(32)28-20-7-2-1-6-19(20)27/h1-12H,13-14H2,(H,28,32)(H,29,34)/b21-12+. The molecule has 4 amide bonds. The summed E-state index contributed by atoms with van der Waals surface area (Å²) in [5.74, 6) is -1.81. The van der Waals surface area contributed by atoms with Gasteiger partial charge in [0.05, 0.1) is 10.6 Å². The highest BCUT2D eigenvalue weighted by molar-refractivity contribution is 9.10. The van der Waals surface area contributed by atoms with E-state index in [2.05, 4.69) is 26.6 Å². The molecule has 3 aromatic rings. The van der Waals surface area contributed by atoms with Gasteiger partial charge in [0.2, 0.25) is 5.91 Å². The number of halogens is 2. The largest absolute Gasteiger partial charge is 0.488 e. The average Bonchev–Trinajstić information content (AvgIpc) is 3.12. The zero-order valence-electron chi connectivity index (χ0n) is 18.9. The molecule has 0 aromatic heterocycles. The van der Waals surface area contributed by atoms with Crippen LogP contribution in [0, 0.1) is 15.9 Å². The van der Waals surface area contributed by atoms with Gasteiger partial charge >= 0.3 is 6.03 Å². The summed E-state index contributed by atoms with van der Waals surface area (Å²) in [5.41, 5.74) is 0.753. The number of ether oxygens (including phenoxy) is 1. The van der Waals surface area contributed by atoms with Crippen molar-refractivity contribution in [3.8, 4) is 5.75 Å². The number of para-hydroxylation sites is 1. The Balaban J connectivity index is 1.49. The summed E-state index contributed by atoms with van der Waals surface area (Å²) in [6, 6.07) is 15.7. The number of hydrogen-bond acceptors (Lipinski definition) is 6. The van der Waals surface area contributed by atoms with Crippen LogP contribution in [0.3, 0.4) is 0 Å². The first-order chi connectivity index (χ1) is 17.7. The van der Waals surface area contributed by atoms with Crippen molar-refractivity contribution in [3.63, 3.8) is 0 Å². The summed E-state index contributed by atoms with van der Waals surface area (Å²) < 4.78 is 20.3. The van der Waals surface area contributed by atoms with Gasteiger partial charge in [0, 0.05) is 22.2 Å². The van der Waals surface area contributed by atoms with E-state index in [1.807, 2.05) is 0 Å². The zero-order valence-corrected chi connectivity index (χ0v) is 20.5. The molecule has 0 aliphatic carbocycles. The topological polar surface area (TPSA) is 131 Å². The third-order valence-electron chi connectivity index (χ3n) is 5.20. The smallest absolute Gasteiger partial charge is 0.329 e. The molecule has 4 rings (SSSR count). The fourth-order valence-corrected chi connectivity index (χ4v) is 3.83. The van der Waals surface area contributed by atoms with Crippen molar-refractivity contribution in [2.24, 2.45) is 0 Å². The van der Waals surface area contributed by atoms with E-state index in [0.717, 1.165) is 0 Å². The molecule has 0 unspecified atom stereocenters. The van der Waals surface area contributed by atoms with Gasteiger partial charge < -0.3 is 15.4 Å². The lowest BCUT2D eigenvalue weighted by molar-refractivity contribution is -0.384.